The summed E-state index contributed by atoms with van der Waals surface area (Å²) in [5.74, 6) is 1.18. The number of hydrogen-bond donors (Lipinski definition) is 1. The van der Waals surface area contributed by atoms with Crippen LogP contribution in [0.1, 0.15) is 0 Å². The van der Waals surface area contributed by atoms with Gasteiger partial charge in [-0.2, -0.15) is 0 Å². The first-order valence-electron chi connectivity index (χ1n) is 6.14. The van der Waals surface area contributed by atoms with E-state index in [9.17, 15) is 0 Å². The van der Waals surface area contributed by atoms with Crippen molar-refractivity contribution in [3.63, 3.8) is 0 Å². The molecule has 5 heteroatoms. The van der Waals surface area contributed by atoms with Gasteiger partial charge in [0.1, 0.15) is 5.75 Å². The second-order valence-corrected chi connectivity index (χ2v) is 6.29. The number of fused-ring (bicyclic) bond motifs is 1. The molecule has 2 nitrogen and oxygen atoms in total. The Morgan fingerprint density at radius 1 is 0.857 bits per heavy atom. The van der Waals surface area contributed by atoms with Crippen molar-refractivity contribution in [1.29, 1.82) is 0 Å². The van der Waals surface area contributed by atoms with Gasteiger partial charge < -0.3 is 10.5 Å². The van der Waals surface area contributed by atoms with Gasteiger partial charge in [0, 0.05) is 10.5 Å². The highest BCUT2D eigenvalue weighted by Gasteiger charge is 2.08. The van der Waals surface area contributed by atoms with Gasteiger partial charge in [-0.15, -0.1) is 0 Å². The largest absolute Gasteiger partial charge is 0.455 e. The maximum absolute atomic E-state index is 5.99. The van der Waals surface area contributed by atoms with Crippen molar-refractivity contribution in [2.24, 2.45) is 0 Å². The highest BCUT2D eigenvalue weighted by Crippen LogP contribution is 2.35. The van der Waals surface area contributed by atoms with Crippen molar-refractivity contribution in [2.45, 2.75) is 0 Å². The number of ether oxygens (including phenoxy) is 1. The summed E-state index contributed by atoms with van der Waals surface area (Å²) in [6.07, 6.45) is 0. The first kappa shape index (κ1) is 14.5. The van der Waals surface area contributed by atoms with Crippen LogP contribution in [0.5, 0.6) is 11.5 Å². The van der Waals surface area contributed by atoms with Crippen LogP contribution in [0.3, 0.4) is 0 Å². The number of anilines is 1. The molecule has 21 heavy (non-hydrogen) atoms. The molecule has 0 amide bonds. The van der Waals surface area contributed by atoms with Gasteiger partial charge in [0.05, 0.1) is 15.7 Å². The highest BCUT2D eigenvalue weighted by atomic mass is 79.9. The summed E-state index contributed by atoms with van der Waals surface area (Å²) >= 11 is 15.4. The van der Waals surface area contributed by atoms with Crippen molar-refractivity contribution in [2.75, 3.05) is 5.73 Å². The predicted molar refractivity (Wildman–Crippen MR) is 92.6 cm³/mol. The second-order valence-electron chi connectivity index (χ2n) is 4.56. The Kier molecular flexibility index (Phi) is 3.98. The molecule has 0 unspecified atom stereocenters. The molecule has 0 aromatic heterocycles. The van der Waals surface area contributed by atoms with E-state index in [1.807, 2.05) is 36.4 Å². The third kappa shape index (κ3) is 3.10. The molecule has 0 saturated heterocycles. The molecular formula is C16H10BrCl2NO. The molecule has 2 N–H and O–H groups in total. The average molecular weight is 383 g/mol. The molecule has 0 radical (unpaired) electrons. The van der Waals surface area contributed by atoms with Crippen LogP contribution < -0.4 is 10.5 Å². The summed E-state index contributed by atoms with van der Waals surface area (Å²) < 4.78 is 6.84. The summed E-state index contributed by atoms with van der Waals surface area (Å²) in [5.41, 5.74) is 6.34. The Bertz CT molecular complexity index is 836. The first-order chi connectivity index (χ1) is 10.0. The van der Waals surface area contributed by atoms with Crippen LogP contribution in [-0.4, -0.2) is 0 Å². The molecular weight excluding hydrogens is 373 g/mol. The maximum Gasteiger partial charge on any atom is 0.151 e. The predicted octanol–water partition coefficient (Wildman–Crippen LogP) is 6.28. The van der Waals surface area contributed by atoms with Gasteiger partial charge in [0.15, 0.2) is 5.75 Å². The fourth-order valence-electron chi connectivity index (χ4n) is 2.02. The minimum Gasteiger partial charge on any atom is -0.455 e. The van der Waals surface area contributed by atoms with Gasteiger partial charge in [-0.1, -0.05) is 51.3 Å². The standard InChI is InChI=1S/C16H10BrCl2NO/c17-11-3-1-10-6-12(4-2-9(10)5-11)21-16-8-14(19)13(18)7-15(16)20/h1-8H,20H2. The van der Waals surface area contributed by atoms with Gasteiger partial charge in [-0.05, 0) is 41.1 Å². The van der Waals surface area contributed by atoms with E-state index in [4.69, 9.17) is 33.7 Å². The topological polar surface area (TPSA) is 35.2 Å². The molecule has 0 fully saturated rings. The van der Waals surface area contributed by atoms with E-state index in [1.54, 1.807) is 12.1 Å². The molecule has 0 saturated carbocycles. The third-order valence-electron chi connectivity index (χ3n) is 3.05. The quantitative estimate of drug-likeness (QED) is 0.529. The molecule has 0 aliphatic rings. The number of rotatable bonds is 2. The Hall–Kier alpha value is -1.42. The molecule has 0 bridgehead atoms. The smallest absolute Gasteiger partial charge is 0.151 e. The number of nitrogens with two attached hydrogens (primary N) is 1. The number of halogens is 3. The summed E-state index contributed by atoms with van der Waals surface area (Å²) in [5, 5.41) is 3.02. The molecule has 106 valence electrons. The lowest BCUT2D eigenvalue weighted by molar-refractivity contribution is 0.486. The van der Waals surface area contributed by atoms with E-state index in [2.05, 4.69) is 15.9 Å². The number of nitrogen functional groups attached to an aromatic ring is 1. The van der Waals surface area contributed by atoms with Gasteiger partial charge in [0.25, 0.3) is 0 Å². The second kappa shape index (κ2) is 5.76. The van der Waals surface area contributed by atoms with Crippen LogP contribution in [0, 0.1) is 0 Å². The lowest BCUT2D eigenvalue weighted by atomic mass is 10.1. The molecule has 0 aliphatic carbocycles. The van der Waals surface area contributed by atoms with Gasteiger partial charge in [0.2, 0.25) is 0 Å². The third-order valence-corrected chi connectivity index (χ3v) is 4.27. The molecule has 0 atom stereocenters. The summed E-state index contributed by atoms with van der Waals surface area (Å²) in [6, 6.07) is 15.1. The zero-order valence-corrected chi connectivity index (χ0v) is 13.8. The highest BCUT2D eigenvalue weighted by molar-refractivity contribution is 9.10. The minimum absolute atomic E-state index is 0.407. The normalized spacial score (nSPS) is 10.8. The van der Waals surface area contributed by atoms with E-state index in [-0.39, 0.29) is 0 Å². The van der Waals surface area contributed by atoms with Gasteiger partial charge in [-0.25, -0.2) is 0 Å². The van der Waals surface area contributed by atoms with Crippen molar-refractivity contribution in [3.05, 3.63) is 63.0 Å². The van der Waals surface area contributed by atoms with E-state index in [0.717, 1.165) is 15.2 Å². The van der Waals surface area contributed by atoms with E-state index in [1.165, 1.54) is 0 Å². The molecule has 3 aromatic carbocycles. The molecule has 3 aromatic rings. The first-order valence-corrected chi connectivity index (χ1v) is 7.69. The van der Waals surface area contributed by atoms with Crippen molar-refractivity contribution >= 4 is 55.6 Å². The Labute approximate surface area is 140 Å². The Morgan fingerprint density at radius 2 is 1.52 bits per heavy atom. The summed E-state index contributed by atoms with van der Waals surface area (Å²) in [6.45, 7) is 0. The lowest BCUT2D eigenvalue weighted by Crippen LogP contribution is -1.92. The van der Waals surface area contributed by atoms with Crippen LogP contribution >= 0.6 is 39.1 Å². The number of benzene rings is 3. The SMILES string of the molecule is Nc1cc(Cl)c(Cl)cc1Oc1ccc2cc(Br)ccc2c1. The summed E-state index contributed by atoms with van der Waals surface area (Å²) in [4.78, 5) is 0. The van der Waals surface area contributed by atoms with Crippen LogP contribution in [0.2, 0.25) is 10.0 Å². The average Bonchev–Trinajstić information content (AvgIpc) is 2.45. The van der Waals surface area contributed by atoms with E-state index in [0.29, 0.717) is 27.2 Å². The number of hydrogen-bond acceptors (Lipinski definition) is 2. The Balaban J connectivity index is 1.98. The maximum atomic E-state index is 5.99. The summed E-state index contributed by atoms with van der Waals surface area (Å²) in [7, 11) is 0. The van der Waals surface area contributed by atoms with Gasteiger partial charge >= 0.3 is 0 Å². The molecule has 3 rings (SSSR count). The molecule has 0 heterocycles. The van der Waals surface area contributed by atoms with E-state index < -0.39 is 0 Å². The Morgan fingerprint density at radius 3 is 2.33 bits per heavy atom. The fourth-order valence-corrected chi connectivity index (χ4v) is 2.72. The minimum atomic E-state index is 0.407. The monoisotopic (exact) mass is 381 g/mol. The van der Waals surface area contributed by atoms with Crippen LogP contribution in [0.25, 0.3) is 10.8 Å². The molecule has 0 aliphatic heterocycles. The van der Waals surface area contributed by atoms with Crippen LogP contribution in [0.15, 0.2) is 53.0 Å². The van der Waals surface area contributed by atoms with Crippen molar-refractivity contribution < 1.29 is 4.74 Å². The van der Waals surface area contributed by atoms with Crippen molar-refractivity contribution in [3.8, 4) is 11.5 Å². The fraction of sp³-hybridized carbons (Fsp3) is 0. The molecule has 0 spiro atoms. The van der Waals surface area contributed by atoms with Crippen LogP contribution in [-0.2, 0) is 0 Å². The van der Waals surface area contributed by atoms with E-state index >= 15 is 0 Å². The zero-order chi connectivity index (χ0) is 15.0. The lowest BCUT2D eigenvalue weighted by Gasteiger charge is -2.10. The van der Waals surface area contributed by atoms with Crippen LogP contribution in [0.4, 0.5) is 5.69 Å². The zero-order valence-electron chi connectivity index (χ0n) is 10.7. The van der Waals surface area contributed by atoms with Crippen molar-refractivity contribution in [1.82, 2.24) is 0 Å². The van der Waals surface area contributed by atoms with Gasteiger partial charge in [-0.3, -0.25) is 0 Å².